The molecule has 0 aliphatic heterocycles. The molecule has 0 aliphatic rings. The summed E-state index contributed by atoms with van der Waals surface area (Å²) >= 11 is 1.54. The number of carbonyl (C=O) groups is 1. The summed E-state index contributed by atoms with van der Waals surface area (Å²) in [5.41, 5.74) is 5.69. The third-order valence-corrected chi connectivity index (χ3v) is 3.13. The van der Waals surface area contributed by atoms with E-state index in [0.29, 0.717) is 6.42 Å². The first kappa shape index (κ1) is 12.1. The van der Waals surface area contributed by atoms with Crippen LogP contribution < -0.4 is 11.1 Å². The Morgan fingerprint density at radius 1 is 1.73 bits per heavy atom. The number of nitrogens with one attached hydrogen (secondary N) is 1. The molecule has 1 rings (SSSR count). The largest absolute Gasteiger partial charge is 0.347 e. The Kier molecular flexibility index (Phi) is 4.71. The van der Waals surface area contributed by atoms with Gasteiger partial charge in [-0.15, -0.1) is 11.3 Å². The maximum absolute atomic E-state index is 11.5. The lowest BCUT2D eigenvalue weighted by Crippen LogP contribution is -2.32. The molecule has 15 heavy (non-hydrogen) atoms. The SMILES string of the molecule is CCC(N)CC(=O)NC(C)c1nccs1. The first-order valence-electron chi connectivity index (χ1n) is 5.07. The fourth-order valence-electron chi connectivity index (χ4n) is 1.19. The van der Waals surface area contributed by atoms with E-state index in [2.05, 4.69) is 10.3 Å². The van der Waals surface area contributed by atoms with Crippen LogP contribution in [-0.2, 0) is 4.79 Å². The van der Waals surface area contributed by atoms with Gasteiger partial charge >= 0.3 is 0 Å². The number of amides is 1. The summed E-state index contributed by atoms with van der Waals surface area (Å²) in [5, 5.41) is 5.70. The van der Waals surface area contributed by atoms with E-state index in [0.717, 1.165) is 11.4 Å². The zero-order valence-electron chi connectivity index (χ0n) is 9.06. The zero-order valence-corrected chi connectivity index (χ0v) is 9.88. The van der Waals surface area contributed by atoms with E-state index in [1.807, 2.05) is 19.2 Å². The summed E-state index contributed by atoms with van der Waals surface area (Å²) in [7, 11) is 0. The molecule has 4 nitrogen and oxygen atoms in total. The lowest BCUT2D eigenvalue weighted by atomic mass is 10.1. The van der Waals surface area contributed by atoms with Crippen LogP contribution >= 0.6 is 11.3 Å². The Balaban J connectivity index is 2.38. The number of rotatable bonds is 5. The van der Waals surface area contributed by atoms with E-state index >= 15 is 0 Å². The molecule has 84 valence electrons. The summed E-state index contributed by atoms with van der Waals surface area (Å²) < 4.78 is 0. The topological polar surface area (TPSA) is 68.0 Å². The van der Waals surface area contributed by atoms with Gasteiger partial charge in [-0.2, -0.15) is 0 Å². The molecule has 0 fully saturated rings. The van der Waals surface area contributed by atoms with Gasteiger partial charge in [-0.3, -0.25) is 4.79 Å². The van der Waals surface area contributed by atoms with Crippen LogP contribution in [0.25, 0.3) is 0 Å². The normalized spacial score (nSPS) is 14.6. The summed E-state index contributed by atoms with van der Waals surface area (Å²) in [5.74, 6) is -0.00736. The molecule has 0 aromatic carbocycles. The third kappa shape index (κ3) is 3.97. The molecule has 0 saturated heterocycles. The minimum absolute atomic E-state index is 0.00736. The van der Waals surface area contributed by atoms with Crippen LogP contribution in [0.2, 0.25) is 0 Å². The Hall–Kier alpha value is -0.940. The first-order chi connectivity index (χ1) is 7.13. The van der Waals surface area contributed by atoms with Gasteiger partial charge in [0.1, 0.15) is 5.01 Å². The fraction of sp³-hybridized carbons (Fsp3) is 0.600. The van der Waals surface area contributed by atoms with Gasteiger partial charge in [0.25, 0.3) is 0 Å². The number of hydrogen-bond acceptors (Lipinski definition) is 4. The average molecular weight is 227 g/mol. The highest BCUT2D eigenvalue weighted by molar-refractivity contribution is 7.09. The third-order valence-electron chi connectivity index (χ3n) is 2.17. The molecular weight excluding hydrogens is 210 g/mol. The van der Waals surface area contributed by atoms with Crippen molar-refractivity contribution in [2.24, 2.45) is 5.73 Å². The number of nitrogens with two attached hydrogens (primary N) is 1. The summed E-state index contributed by atoms with van der Waals surface area (Å²) in [6.07, 6.45) is 2.94. The molecule has 0 bridgehead atoms. The van der Waals surface area contributed by atoms with Crippen molar-refractivity contribution in [2.45, 2.75) is 38.8 Å². The summed E-state index contributed by atoms with van der Waals surface area (Å²) in [6.45, 7) is 3.90. The van der Waals surface area contributed by atoms with Crippen molar-refractivity contribution in [3.8, 4) is 0 Å². The zero-order chi connectivity index (χ0) is 11.3. The fourth-order valence-corrected chi connectivity index (χ4v) is 1.84. The van der Waals surface area contributed by atoms with Crippen molar-refractivity contribution in [2.75, 3.05) is 0 Å². The van der Waals surface area contributed by atoms with E-state index in [1.54, 1.807) is 17.5 Å². The van der Waals surface area contributed by atoms with E-state index in [1.165, 1.54) is 0 Å². The molecule has 1 amide bonds. The minimum atomic E-state index is -0.0477. The highest BCUT2D eigenvalue weighted by atomic mass is 32.1. The molecule has 3 N–H and O–H groups in total. The monoisotopic (exact) mass is 227 g/mol. The summed E-state index contributed by atoms with van der Waals surface area (Å²) in [6, 6.07) is -0.0740. The van der Waals surface area contributed by atoms with Crippen LogP contribution in [0.1, 0.15) is 37.7 Å². The van der Waals surface area contributed by atoms with Gasteiger partial charge in [0.2, 0.25) is 5.91 Å². The standard InChI is InChI=1S/C10H17N3OS/c1-3-8(11)6-9(14)13-7(2)10-12-4-5-15-10/h4-5,7-8H,3,6,11H2,1-2H3,(H,13,14). The average Bonchev–Trinajstić information content (AvgIpc) is 2.70. The first-order valence-corrected chi connectivity index (χ1v) is 5.95. The van der Waals surface area contributed by atoms with Crippen molar-refractivity contribution in [1.82, 2.24) is 10.3 Å². The number of thiazole rings is 1. The van der Waals surface area contributed by atoms with Gasteiger partial charge in [0.15, 0.2) is 0 Å². The quantitative estimate of drug-likeness (QED) is 0.800. The number of carbonyl (C=O) groups excluding carboxylic acids is 1. The molecule has 1 heterocycles. The maximum atomic E-state index is 11.5. The molecule has 1 aromatic rings. The van der Waals surface area contributed by atoms with E-state index in [-0.39, 0.29) is 18.0 Å². The predicted octanol–water partition coefficient (Wildman–Crippen LogP) is 1.45. The van der Waals surface area contributed by atoms with Crippen LogP contribution in [0, 0.1) is 0 Å². The molecule has 0 aliphatic carbocycles. The number of hydrogen-bond donors (Lipinski definition) is 2. The van der Waals surface area contributed by atoms with E-state index < -0.39 is 0 Å². The van der Waals surface area contributed by atoms with Crippen molar-refractivity contribution in [3.05, 3.63) is 16.6 Å². The molecule has 1 aromatic heterocycles. The Bertz CT molecular complexity index is 300. The van der Waals surface area contributed by atoms with Gasteiger partial charge in [-0.05, 0) is 13.3 Å². The smallest absolute Gasteiger partial charge is 0.222 e. The molecule has 2 unspecified atom stereocenters. The van der Waals surface area contributed by atoms with Gasteiger partial charge in [-0.25, -0.2) is 4.98 Å². The Morgan fingerprint density at radius 3 is 3.00 bits per heavy atom. The van der Waals surface area contributed by atoms with Crippen molar-refractivity contribution in [3.63, 3.8) is 0 Å². The second-order valence-electron chi connectivity index (χ2n) is 3.53. The van der Waals surface area contributed by atoms with Crippen LogP contribution in [-0.4, -0.2) is 16.9 Å². The maximum Gasteiger partial charge on any atom is 0.222 e. The van der Waals surface area contributed by atoms with Crippen LogP contribution in [0.15, 0.2) is 11.6 Å². The molecule has 0 saturated carbocycles. The lowest BCUT2D eigenvalue weighted by molar-refractivity contribution is -0.122. The van der Waals surface area contributed by atoms with Gasteiger partial charge in [0.05, 0.1) is 6.04 Å². The molecule has 0 spiro atoms. The predicted molar refractivity (Wildman–Crippen MR) is 61.6 cm³/mol. The van der Waals surface area contributed by atoms with Crippen molar-refractivity contribution >= 4 is 17.2 Å². The highest BCUT2D eigenvalue weighted by Gasteiger charge is 2.13. The van der Waals surface area contributed by atoms with Gasteiger partial charge in [0, 0.05) is 24.0 Å². The van der Waals surface area contributed by atoms with E-state index in [9.17, 15) is 4.79 Å². The van der Waals surface area contributed by atoms with Crippen molar-refractivity contribution in [1.29, 1.82) is 0 Å². The highest BCUT2D eigenvalue weighted by Crippen LogP contribution is 2.14. The second-order valence-corrected chi connectivity index (χ2v) is 4.46. The number of nitrogens with zero attached hydrogens (tertiary/aromatic N) is 1. The second kappa shape index (κ2) is 5.82. The van der Waals surface area contributed by atoms with Gasteiger partial charge in [-0.1, -0.05) is 6.92 Å². The van der Waals surface area contributed by atoms with Crippen LogP contribution in [0.4, 0.5) is 0 Å². The molecule has 5 heteroatoms. The van der Waals surface area contributed by atoms with Crippen molar-refractivity contribution < 1.29 is 4.79 Å². The Labute approximate surface area is 93.9 Å². The minimum Gasteiger partial charge on any atom is -0.347 e. The van der Waals surface area contributed by atoms with Gasteiger partial charge < -0.3 is 11.1 Å². The molecule has 0 radical (unpaired) electrons. The number of aromatic nitrogens is 1. The van der Waals surface area contributed by atoms with Crippen LogP contribution in [0.3, 0.4) is 0 Å². The Morgan fingerprint density at radius 2 is 2.47 bits per heavy atom. The summed E-state index contributed by atoms with van der Waals surface area (Å²) in [4.78, 5) is 15.6. The lowest BCUT2D eigenvalue weighted by Gasteiger charge is -2.13. The molecule has 2 atom stereocenters. The van der Waals surface area contributed by atoms with Crippen LogP contribution in [0.5, 0.6) is 0 Å². The molecular formula is C10H17N3OS. The van der Waals surface area contributed by atoms with E-state index in [4.69, 9.17) is 5.73 Å².